The van der Waals surface area contributed by atoms with E-state index in [1.54, 1.807) is 55.5 Å². The van der Waals surface area contributed by atoms with E-state index in [0.29, 0.717) is 21.7 Å². The highest BCUT2D eigenvalue weighted by atomic mass is 16.2. The molecule has 2 aromatic carbocycles. The van der Waals surface area contributed by atoms with Crippen molar-refractivity contribution in [3.63, 3.8) is 0 Å². The van der Waals surface area contributed by atoms with Crippen LogP contribution >= 0.6 is 0 Å². The maximum absolute atomic E-state index is 12.6. The molecule has 0 saturated heterocycles. The van der Waals surface area contributed by atoms with Gasteiger partial charge in [-0.15, -0.1) is 5.10 Å². The maximum Gasteiger partial charge on any atom is 0.290 e. The van der Waals surface area contributed by atoms with E-state index in [9.17, 15) is 19.2 Å². The molecule has 2 N–H and O–H groups in total. The molecule has 11 heteroatoms. The number of nitrogens with zero attached hydrogens (tertiary/aromatic N) is 5. The van der Waals surface area contributed by atoms with E-state index in [1.807, 2.05) is 0 Å². The Hall–Kier alpha value is -4.41. The highest BCUT2D eigenvalue weighted by molar-refractivity contribution is 6.05. The summed E-state index contributed by atoms with van der Waals surface area (Å²) in [6, 6.07) is 13.4. The summed E-state index contributed by atoms with van der Waals surface area (Å²) < 4.78 is 2.28. The van der Waals surface area contributed by atoms with Crippen LogP contribution in [0.15, 0.2) is 58.1 Å². The van der Waals surface area contributed by atoms with E-state index in [2.05, 4.69) is 26.3 Å². The Kier molecular flexibility index (Phi) is 5.71. The number of aryl methyl sites for hydroxylation is 2. The number of rotatable bonds is 5. The predicted molar refractivity (Wildman–Crippen MR) is 116 cm³/mol. The monoisotopic (exact) mass is 433 g/mol. The zero-order chi connectivity index (χ0) is 22.7. The summed E-state index contributed by atoms with van der Waals surface area (Å²) in [4.78, 5) is 49.7. The normalized spacial score (nSPS) is 10.9. The Labute approximate surface area is 180 Å². The number of fused-ring (bicyclic) bond motifs is 2. The lowest BCUT2D eigenvalue weighted by molar-refractivity contribution is -0.122. The van der Waals surface area contributed by atoms with Crippen molar-refractivity contribution in [2.45, 2.75) is 26.4 Å². The molecule has 11 nitrogen and oxygen atoms in total. The minimum absolute atomic E-state index is 0.0129. The Morgan fingerprint density at radius 3 is 2.28 bits per heavy atom. The van der Waals surface area contributed by atoms with Crippen LogP contribution in [-0.2, 0) is 17.9 Å². The molecule has 0 aliphatic rings. The van der Waals surface area contributed by atoms with E-state index in [-0.39, 0.29) is 36.3 Å². The van der Waals surface area contributed by atoms with Crippen molar-refractivity contribution >= 4 is 33.5 Å². The number of carbonyl (C=O) groups excluding carboxylic acids is 2. The third-order valence-corrected chi connectivity index (χ3v) is 4.88. The Bertz CT molecular complexity index is 1460. The van der Waals surface area contributed by atoms with Gasteiger partial charge >= 0.3 is 0 Å². The number of amides is 2. The number of carbonyl (C=O) groups is 2. The number of benzene rings is 2. The van der Waals surface area contributed by atoms with Gasteiger partial charge in [-0.05, 0) is 25.1 Å². The number of nitrogens with one attached hydrogen (secondary N) is 2. The van der Waals surface area contributed by atoms with Crippen LogP contribution in [0.3, 0.4) is 0 Å². The molecule has 0 unspecified atom stereocenters. The molecule has 0 atom stereocenters. The van der Waals surface area contributed by atoms with Gasteiger partial charge in [0.2, 0.25) is 5.91 Å². The lowest BCUT2D eigenvalue weighted by Crippen LogP contribution is -2.43. The first kappa shape index (κ1) is 20.8. The molecule has 4 aromatic rings. The minimum Gasteiger partial charge on any atom is -0.273 e. The second-order valence-electron chi connectivity index (χ2n) is 6.90. The van der Waals surface area contributed by atoms with Crippen LogP contribution in [0.25, 0.3) is 21.7 Å². The van der Waals surface area contributed by atoms with Gasteiger partial charge in [-0.3, -0.25) is 30.0 Å². The van der Waals surface area contributed by atoms with Crippen LogP contribution in [0.2, 0.25) is 0 Å². The lowest BCUT2D eigenvalue weighted by Gasteiger charge is -2.11. The SMILES string of the molecule is CCn1nc(C(=O)NNC(=O)CCn2nnc3ccccc3c2=O)c2ccccc2c1=O. The summed E-state index contributed by atoms with van der Waals surface area (Å²) in [7, 11) is 0. The van der Waals surface area contributed by atoms with Crippen molar-refractivity contribution < 1.29 is 9.59 Å². The minimum atomic E-state index is -0.667. The molecule has 0 fully saturated rings. The summed E-state index contributed by atoms with van der Waals surface area (Å²) in [6.07, 6.45) is -0.115. The van der Waals surface area contributed by atoms with Gasteiger partial charge in [-0.1, -0.05) is 35.5 Å². The molecule has 0 bridgehead atoms. The van der Waals surface area contributed by atoms with Gasteiger partial charge in [0.05, 0.1) is 17.3 Å². The van der Waals surface area contributed by atoms with Crippen molar-refractivity contribution in [2.75, 3.05) is 0 Å². The van der Waals surface area contributed by atoms with Gasteiger partial charge in [0.1, 0.15) is 5.52 Å². The van der Waals surface area contributed by atoms with Gasteiger partial charge in [0, 0.05) is 18.4 Å². The molecule has 2 amide bonds. The smallest absolute Gasteiger partial charge is 0.273 e. The maximum atomic E-state index is 12.6. The first-order valence-corrected chi connectivity index (χ1v) is 9.91. The topological polar surface area (TPSA) is 141 Å². The zero-order valence-electron chi connectivity index (χ0n) is 17.1. The average Bonchev–Trinajstić information content (AvgIpc) is 2.82. The van der Waals surface area contributed by atoms with E-state index in [0.717, 1.165) is 4.68 Å². The largest absolute Gasteiger partial charge is 0.290 e. The van der Waals surface area contributed by atoms with Crippen molar-refractivity contribution in [3.05, 3.63) is 74.9 Å². The van der Waals surface area contributed by atoms with Gasteiger partial charge < -0.3 is 0 Å². The first-order valence-electron chi connectivity index (χ1n) is 9.91. The van der Waals surface area contributed by atoms with E-state index in [1.165, 1.54) is 4.68 Å². The molecular weight excluding hydrogens is 414 g/mol. The molecule has 0 aliphatic heterocycles. The number of hydrazine groups is 1. The first-order chi connectivity index (χ1) is 15.5. The Morgan fingerprint density at radius 2 is 1.53 bits per heavy atom. The highest BCUT2D eigenvalue weighted by Crippen LogP contribution is 2.13. The molecular formula is C21H19N7O4. The third-order valence-electron chi connectivity index (χ3n) is 4.88. The second-order valence-corrected chi connectivity index (χ2v) is 6.90. The van der Waals surface area contributed by atoms with Gasteiger partial charge in [0.15, 0.2) is 5.69 Å². The van der Waals surface area contributed by atoms with E-state index < -0.39 is 11.8 Å². The molecule has 2 heterocycles. The third kappa shape index (κ3) is 3.95. The highest BCUT2D eigenvalue weighted by Gasteiger charge is 2.17. The van der Waals surface area contributed by atoms with Crippen LogP contribution in [0.5, 0.6) is 0 Å². The zero-order valence-corrected chi connectivity index (χ0v) is 17.1. The van der Waals surface area contributed by atoms with Crippen molar-refractivity contribution in [1.82, 2.24) is 35.6 Å². The van der Waals surface area contributed by atoms with Crippen molar-refractivity contribution in [2.24, 2.45) is 0 Å². The van der Waals surface area contributed by atoms with Crippen molar-refractivity contribution in [1.29, 1.82) is 0 Å². The molecule has 4 rings (SSSR count). The van der Waals surface area contributed by atoms with Crippen LogP contribution in [0.1, 0.15) is 23.8 Å². The molecule has 0 radical (unpaired) electrons. The fourth-order valence-electron chi connectivity index (χ4n) is 3.24. The number of hydrogen-bond acceptors (Lipinski definition) is 7. The number of hydrogen-bond donors (Lipinski definition) is 2. The molecule has 0 aliphatic carbocycles. The summed E-state index contributed by atoms with van der Waals surface area (Å²) >= 11 is 0. The standard InChI is InChI=1S/C21H19N7O4/c1-2-27-20(31)14-8-4-3-7-13(14)18(25-27)19(30)24-23-17(29)11-12-28-21(32)15-9-5-6-10-16(15)22-26-28/h3-10H,2,11-12H2,1H3,(H,23,29)(H,24,30). The summed E-state index contributed by atoms with van der Waals surface area (Å²) in [5, 5.41) is 13.0. The van der Waals surface area contributed by atoms with Crippen LogP contribution < -0.4 is 22.0 Å². The molecule has 32 heavy (non-hydrogen) atoms. The fraction of sp³-hybridized carbons (Fsp3) is 0.190. The summed E-state index contributed by atoms with van der Waals surface area (Å²) in [5.74, 6) is -1.20. The van der Waals surface area contributed by atoms with Crippen LogP contribution in [0, 0.1) is 0 Å². The summed E-state index contributed by atoms with van der Waals surface area (Å²) in [5.41, 5.74) is 4.42. The fourth-order valence-corrected chi connectivity index (χ4v) is 3.24. The van der Waals surface area contributed by atoms with Gasteiger partial charge in [-0.2, -0.15) is 5.10 Å². The second kappa shape index (κ2) is 8.76. The van der Waals surface area contributed by atoms with Crippen LogP contribution in [0.4, 0.5) is 0 Å². The van der Waals surface area contributed by atoms with Crippen LogP contribution in [-0.4, -0.2) is 36.6 Å². The van der Waals surface area contributed by atoms with E-state index >= 15 is 0 Å². The lowest BCUT2D eigenvalue weighted by atomic mass is 10.1. The molecule has 162 valence electrons. The predicted octanol–water partition coefficient (Wildman–Crippen LogP) is 0.373. The quantitative estimate of drug-likeness (QED) is 0.433. The van der Waals surface area contributed by atoms with Gasteiger partial charge in [0.25, 0.3) is 17.0 Å². The molecule has 0 saturated carbocycles. The molecule has 2 aromatic heterocycles. The summed E-state index contributed by atoms with van der Waals surface area (Å²) in [6.45, 7) is 2.02. The van der Waals surface area contributed by atoms with Gasteiger partial charge in [-0.25, -0.2) is 9.36 Å². The Balaban J connectivity index is 1.44. The molecule has 0 spiro atoms. The average molecular weight is 433 g/mol. The Morgan fingerprint density at radius 1 is 0.875 bits per heavy atom. The van der Waals surface area contributed by atoms with E-state index in [4.69, 9.17) is 0 Å². The van der Waals surface area contributed by atoms with Crippen molar-refractivity contribution in [3.8, 4) is 0 Å². The number of aromatic nitrogens is 5.